The Morgan fingerprint density at radius 2 is 2.00 bits per heavy atom. The van der Waals surface area contributed by atoms with Crippen molar-refractivity contribution in [2.75, 3.05) is 26.4 Å². The summed E-state index contributed by atoms with van der Waals surface area (Å²) in [5.41, 5.74) is 0. The van der Waals surface area contributed by atoms with Crippen LogP contribution in [0.2, 0.25) is 0 Å². The molecule has 0 saturated carbocycles. The Hall–Kier alpha value is -0.0600. The zero-order valence-electron chi connectivity index (χ0n) is 7.30. The molecule has 0 saturated heterocycles. The Bertz CT molecular complexity index is 185. The minimum atomic E-state index is -2.73. The first kappa shape index (κ1) is 10.9. The molecule has 0 spiro atoms. The number of nitrogens with one attached hydrogen (secondary N) is 1. The standard InChI is InChI=1S/C7H17NO2S/c1-8(2)6-4-5-7-11(3,9)10/h3-7H2,1-2H3,(H,9,10)/p+1. The number of quaternary nitrogens is 1. The fraction of sp³-hybridized carbons (Fsp3) is 0.857. The summed E-state index contributed by atoms with van der Waals surface area (Å²) in [5, 5.41) is 0. The molecule has 0 bridgehead atoms. The van der Waals surface area contributed by atoms with Gasteiger partial charge in [-0.3, -0.25) is 0 Å². The van der Waals surface area contributed by atoms with Gasteiger partial charge in [0.2, 0.25) is 0 Å². The summed E-state index contributed by atoms with van der Waals surface area (Å²) in [6.45, 7) is 1.05. The Morgan fingerprint density at radius 3 is 2.36 bits per heavy atom. The monoisotopic (exact) mass is 180 g/mol. The minimum absolute atomic E-state index is 0.334. The Morgan fingerprint density at radius 1 is 1.45 bits per heavy atom. The molecule has 0 aromatic carbocycles. The van der Waals surface area contributed by atoms with Crippen LogP contribution < -0.4 is 4.90 Å². The van der Waals surface area contributed by atoms with Crippen LogP contribution in [0.5, 0.6) is 0 Å². The fourth-order valence-electron chi connectivity index (χ4n) is 0.806. The summed E-state index contributed by atoms with van der Waals surface area (Å²) in [5.74, 6) is 3.50. The van der Waals surface area contributed by atoms with Crippen molar-refractivity contribution in [1.29, 1.82) is 0 Å². The van der Waals surface area contributed by atoms with Gasteiger partial charge in [0.15, 0.2) is 0 Å². The topological polar surface area (TPSA) is 41.7 Å². The van der Waals surface area contributed by atoms with Gasteiger partial charge < -0.3 is 9.45 Å². The quantitative estimate of drug-likeness (QED) is 0.425. The second kappa shape index (κ2) is 4.74. The van der Waals surface area contributed by atoms with Crippen molar-refractivity contribution >= 4 is 15.7 Å². The molecule has 11 heavy (non-hydrogen) atoms. The summed E-state index contributed by atoms with van der Waals surface area (Å²) in [6.07, 6.45) is 1.79. The molecule has 68 valence electrons. The SMILES string of the molecule is C=S(=O)(O)CCCC[NH+](C)C. The van der Waals surface area contributed by atoms with E-state index in [-0.39, 0.29) is 0 Å². The third-order valence-corrected chi connectivity index (χ3v) is 2.32. The van der Waals surface area contributed by atoms with Crippen LogP contribution in [0.4, 0.5) is 0 Å². The second-order valence-electron chi connectivity index (χ2n) is 3.14. The molecule has 0 radical (unpaired) electrons. The van der Waals surface area contributed by atoms with Gasteiger partial charge in [0.1, 0.15) is 0 Å². The Kier molecular flexibility index (Phi) is 4.72. The van der Waals surface area contributed by atoms with Crippen LogP contribution in [0.3, 0.4) is 0 Å². The van der Waals surface area contributed by atoms with Crippen molar-refractivity contribution in [2.45, 2.75) is 12.8 Å². The first-order chi connectivity index (χ1) is 4.92. The fourth-order valence-corrected chi connectivity index (χ4v) is 1.46. The highest BCUT2D eigenvalue weighted by molar-refractivity contribution is 7.95. The third kappa shape index (κ3) is 9.94. The lowest BCUT2D eigenvalue weighted by Crippen LogP contribution is -3.05. The van der Waals surface area contributed by atoms with Crippen LogP contribution in [0.25, 0.3) is 0 Å². The number of rotatable bonds is 5. The van der Waals surface area contributed by atoms with Gasteiger partial charge >= 0.3 is 0 Å². The summed E-state index contributed by atoms with van der Waals surface area (Å²) in [7, 11) is 1.41. The molecular formula is C7H18NO2S+. The second-order valence-corrected chi connectivity index (χ2v) is 5.09. The molecule has 0 rings (SSSR count). The smallest absolute Gasteiger partial charge is 0.0767 e. The summed E-state index contributed by atoms with van der Waals surface area (Å²) >= 11 is 0. The average molecular weight is 180 g/mol. The van der Waals surface area contributed by atoms with Crippen molar-refractivity contribution in [3.8, 4) is 0 Å². The van der Waals surface area contributed by atoms with Crippen molar-refractivity contribution in [1.82, 2.24) is 0 Å². The Labute approximate surface area is 69.2 Å². The lowest BCUT2D eigenvalue weighted by molar-refractivity contribution is -0.858. The molecule has 4 heteroatoms. The van der Waals surface area contributed by atoms with E-state index in [2.05, 4.69) is 20.0 Å². The molecule has 0 aromatic rings. The maximum absolute atomic E-state index is 10.7. The number of hydrogen-bond acceptors (Lipinski definition) is 1. The van der Waals surface area contributed by atoms with E-state index >= 15 is 0 Å². The van der Waals surface area contributed by atoms with E-state index in [1.165, 1.54) is 4.90 Å². The van der Waals surface area contributed by atoms with Crippen LogP contribution in [-0.4, -0.2) is 41.0 Å². The summed E-state index contributed by atoms with van der Waals surface area (Å²) < 4.78 is 19.5. The molecule has 0 amide bonds. The highest BCUT2D eigenvalue weighted by Crippen LogP contribution is 1.90. The first-order valence-electron chi connectivity index (χ1n) is 3.78. The molecule has 0 aromatic heterocycles. The third-order valence-electron chi connectivity index (χ3n) is 1.39. The van der Waals surface area contributed by atoms with Gasteiger partial charge in [-0.1, -0.05) is 0 Å². The van der Waals surface area contributed by atoms with E-state index in [4.69, 9.17) is 4.55 Å². The summed E-state index contributed by atoms with van der Waals surface area (Å²) in [4.78, 5) is 1.37. The average Bonchev–Trinajstić information content (AvgIpc) is 1.78. The van der Waals surface area contributed by atoms with Gasteiger partial charge in [-0.05, 0) is 18.7 Å². The molecular weight excluding hydrogens is 162 g/mol. The predicted molar refractivity (Wildman–Crippen MR) is 49.7 cm³/mol. The van der Waals surface area contributed by atoms with Crippen LogP contribution >= 0.6 is 0 Å². The van der Waals surface area contributed by atoms with E-state index in [9.17, 15) is 4.21 Å². The van der Waals surface area contributed by atoms with Crippen LogP contribution in [0, 0.1) is 0 Å². The molecule has 2 N–H and O–H groups in total. The van der Waals surface area contributed by atoms with E-state index in [1.807, 2.05) is 0 Å². The highest BCUT2D eigenvalue weighted by atomic mass is 32.2. The van der Waals surface area contributed by atoms with Crippen molar-refractivity contribution in [3.63, 3.8) is 0 Å². The van der Waals surface area contributed by atoms with Gasteiger partial charge in [-0.2, -0.15) is 0 Å². The van der Waals surface area contributed by atoms with Crippen molar-refractivity contribution in [2.24, 2.45) is 0 Å². The largest absolute Gasteiger partial charge is 0.340 e. The van der Waals surface area contributed by atoms with Gasteiger partial charge in [-0.15, -0.1) is 0 Å². The van der Waals surface area contributed by atoms with Gasteiger partial charge in [0.25, 0.3) is 0 Å². The van der Waals surface area contributed by atoms with E-state index in [0.29, 0.717) is 5.75 Å². The first-order valence-corrected chi connectivity index (χ1v) is 5.63. The molecule has 3 nitrogen and oxygen atoms in total. The van der Waals surface area contributed by atoms with Gasteiger partial charge in [0, 0.05) is 5.75 Å². The van der Waals surface area contributed by atoms with E-state index < -0.39 is 9.80 Å². The lowest BCUT2D eigenvalue weighted by atomic mass is 10.3. The lowest BCUT2D eigenvalue weighted by Gasteiger charge is -2.06. The Balaban J connectivity index is 3.30. The number of hydrogen-bond donors (Lipinski definition) is 2. The normalized spacial score (nSPS) is 16.7. The van der Waals surface area contributed by atoms with Gasteiger partial charge in [-0.25, -0.2) is 4.21 Å². The summed E-state index contributed by atoms with van der Waals surface area (Å²) in [6, 6.07) is 0. The van der Waals surface area contributed by atoms with Crippen LogP contribution in [0.15, 0.2) is 0 Å². The van der Waals surface area contributed by atoms with Gasteiger partial charge in [0.05, 0.1) is 30.4 Å². The maximum atomic E-state index is 10.7. The molecule has 1 unspecified atom stereocenters. The molecule has 0 aliphatic carbocycles. The highest BCUT2D eigenvalue weighted by Gasteiger charge is 1.98. The van der Waals surface area contributed by atoms with Crippen LogP contribution in [-0.2, 0) is 9.80 Å². The molecule has 0 fully saturated rings. The van der Waals surface area contributed by atoms with Crippen molar-refractivity contribution in [3.05, 3.63) is 0 Å². The van der Waals surface area contributed by atoms with Crippen LogP contribution in [0.1, 0.15) is 12.8 Å². The van der Waals surface area contributed by atoms with E-state index in [1.54, 1.807) is 0 Å². The predicted octanol–water partition coefficient (Wildman–Crippen LogP) is -0.899. The maximum Gasteiger partial charge on any atom is 0.0767 e. The molecule has 0 heterocycles. The molecule has 0 aliphatic rings. The van der Waals surface area contributed by atoms with E-state index in [0.717, 1.165) is 19.4 Å². The zero-order valence-corrected chi connectivity index (χ0v) is 8.12. The zero-order chi connectivity index (χ0) is 8.91. The minimum Gasteiger partial charge on any atom is -0.340 e. The molecule has 1 atom stereocenters. The molecule has 0 aliphatic heterocycles. The van der Waals surface area contributed by atoms with Crippen molar-refractivity contribution < 1.29 is 13.7 Å². The number of unbranched alkanes of at least 4 members (excludes halogenated alkanes) is 1.